The maximum atomic E-state index is 9.16. The first-order valence-corrected chi connectivity index (χ1v) is 7.79. The molecule has 3 rings (SSSR count). The molecule has 0 aliphatic carbocycles. The minimum absolute atomic E-state index is 0.207. The van der Waals surface area contributed by atoms with Gasteiger partial charge in [-0.05, 0) is 43.2 Å². The topological polar surface area (TPSA) is 131 Å². The largest absolute Gasteiger partial charge is 0.508 e. The summed E-state index contributed by atoms with van der Waals surface area (Å²) in [7, 11) is 0. The number of benzene rings is 2. The molecule has 2 aromatic carbocycles. The Labute approximate surface area is 145 Å². The van der Waals surface area contributed by atoms with Crippen LogP contribution in [0.25, 0.3) is 0 Å². The van der Waals surface area contributed by atoms with Gasteiger partial charge in [-0.15, -0.1) is 0 Å². The van der Waals surface area contributed by atoms with Crippen LogP contribution in [0.3, 0.4) is 0 Å². The Morgan fingerprint density at radius 1 is 1.00 bits per heavy atom. The van der Waals surface area contributed by atoms with E-state index in [0.29, 0.717) is 23.9 Å². The Morgan fingerprint density at radius 2 is 1.56 bits per heavy atom. The molecule has 1 aromatic heterocycles. The third-order valence-corrected chi connectivity index (χ3v) is 3.42. The number of hydrogen-bond donors (Lipinski definition) is 4. The molecular weight excluding hydrogens is 320 g/mol. The van der Waals surface area contributed by atoms with Crippen molar-refractivity contribution in [3.05, 3.63) is 71.4 Å². The summed E-state index contributed by atoms with van der Waals surface area (Å²) in [6.07, 6.45) is 0.573. The van der Waals surface area contributed by atoms with Crippen LogP contribution in [0.15, 0.2) is 53.1 Å². The number of nitrogens with zero attached hydrogens (tertiary/aromatic N) is 2. The van der Waals surface area contributed by atoms with Gasteiger partial charge in [0.15, 0.2) is 5.82 Å². The maximum absolute atomic E-state index is 9.16. The van der Waals surface area contributed by atoms with E-state index < -0.39 is 0 Å². The molecule has 0 saturated heterocycles. The highest BCUT2D eigenvalue weighted by molar-refractivity contribution is 5.27. The maximum Gasteiger partial charge on any atom is 0.240 e. The lowest BCUT2D eigenvalue weighted by Gasteiger charge is -2.06. The summed E-state index contributed by atoms with van der Waals surface area (Å²) in [5.41, 5.74) is 13.5. The van der Waals surface area contributed by atoms with Crippen LogP contribution in [-0.2, 0) is 13.0 Å². The van der Waals surface area contributed by atoms with Crippen molar-refractivity contribution < 1.29 is 14.7 Å². The van der Waals surface area contributed by atoms with Crippen LogP contribution in [0, 0.1) is 6.92 Å². The van der Waals surface area contributed by atoms with Gasteiger partial charge in [0.05, 0.1) is 12.6 Å². The molecule has 0 fully saturated rings. The molecule has 7 nitrogen and oxygen atoms in total. The molecule has 1 unspecified atom stereocenters. The van der Waals surface area contributed by atoms with Gasteiger partial charge in [-0.2, -0.15) is 4.98 Å². The van der Waals surface area contributed by atoms with Crippen molar-refractivity contribution in [3.63, 3.8) is 0 Å². The predicted molar refractivity (Wildman–Crippen MR) is 93.8 cm³/mol. The minimum Gasteiger partial charge on any atom is -0.508 e. The average molecular weight is 342 g/mol. The zero-order chi connectivity index (χ0) is 18.2. The normalized spacial score (nSPS) is 11.5. The van der Waals surface area contributed by atoms with Crippen LogP contribution < -0.4 is 11.5 Å². The summed E-state index contributed by atoms with van der Waals surface area (Å²) in [5.74, 6) is 1.38. The highest BCUT2D eigenvalue weighted by Crippen LogP contribution is 2.16. The Morgan fingerprint density at radius 3 is 2.04 bits per heavy atom. The Kier molecular flexibility index (Phi) is 6.50. The first-order chi connectivity index (χ1) is 12.0. The van der Waals surface area contributed by atoms with Crippen molar-refractivity contribution in [2.45, 2.75) is 25.9 Å². The van der Waals surface area contributed by atoms with E-state index >= 15 is 0 Å². The molecular formula is C18H22N4O3. The van der Waals surface area contributed by atoms with Gasteiger partial charge in [0.2, 0.25) is 5.89 Å². The molecule has 0 spiro atoms. The van der Waals surface area contributed by atoms with Gasteiger partial charge in [-0.1, -0.05) is 35.0 Å². The zero-order valence-electron chi connectivity index (χ0n) is 14.0. The summed E-state index contributed by atoms with van der Waals surface area (Å²) in [4.78, 5) is 4.07. The molecule has 0 saturated carbocycles. The lowest BCUT2D eigenvalue weighted by molar-refractivity contribution is 0.371. The second kappa shape index (κ2) is 8.81. The molecule has 1 atom stereocenters. The number of aryl methyl sites for hydroxylation is 1. The zero-order valence-corrected chi connectivity index (χ0v) is 14.0. The fourth-order valence-electron chi connectivity index (χ4n) is 2.02. The fraction of sp³-hybridized carbons (Fsp3) is 0.222. The molecule has 0 aliphatic heterocycles. The number of aromatic nitrogens is 2. The summed E-state index contributed by atoms with van der Waals surface area (Å²) in [5, 5.41) is 21.7. The van der Waals surface area contributed by atoms with E-state index in [-0.39, 0.29) is 18.3 Å². The number of phenolic OH excluding ortho intramolecular Hbond substituents is 2. The number of rotatable bonds is 4. The highest BCUT2D eigenvalue weighted by atomic mass is 16.5. The molecule has 0 radical (unpaired) electrons. The summed E-state index contributed by atoms with van der Waals surface area (Å²) >= 11 is 0. The first-order valence-electron chi connectivity index (χ1n) is 7.79. The van der Waals surface area contributed by atoms with Crippen molar-refractivity contribution in [1.29, 1.82) is 0 Å². The molecule has 7 heteroatoms. The number of hydrogen-bond acceptors (Lipinski definition) is 7. The number of nitrogens with two attached hydrogens (primary N) is 2. The van der Waals surface area contributed by atoms with Crippen LogP contribution in [0.4, 0.5) is 0 Å². The number of phenols is 2. The first kappa shape index (κ1) is 18.4. The Bertz CT molecular complexity index is 749. The monoisotopic (exact) mass is 342 g/mol. The van der Waals surface area contributed by atoms with E-state index in [2.05, 4.69) is 10.1 Å². The van der Waals surface area contributed by atoms with Gasteiger partial charge < -0.3 is 26.2 Å². The predicted octanol–water partition coefficient (Wildman–Crippen LogP) is 2.18. The number of aromatic hydroxyl groups is 2. The van der Waals surface area contributed by atoms with E-state index in [1.165, 1.54) is 5.56 Å². The third kappa shape index (κ3) is 5.91. The van der Waals surface area contributed by atoms with Gasteiger partial charge in [0.25, 0.3) is 0 Å². The van der Waals surface area contributed by atoms with E-state index in [0.717, 1.165) is 5.56 Å². The molecule has 132 valence electrons. The smallest absolute Gasteiger partial charge is 0.240 e. The molecule has 3 aromatic rings. The third-order valence-electron chi connectivity index (χ3n) is 3.42. The average Bonchev–Trinajstić information content (AvgIpc) is 3.09. The van der Waals surface area contributed by atoms with E-state index in [9.17, 15) is 0 Å². The van der Waals surface area contributed by atoms with Gasteiger partial charge >= 0.3 is 0 Å². The van der Waals surface area contributed by atoms with Crippen LogP contribution >= 0.6 is 0 Å². The van der Waals surface area contributed by atoms with Gasteiger partial charge in [-0.3, -0.25) is 0 Å². The molecule has 1 heterocycles. The van der Waals surface area contributed by atoms with Crippen molar-refractivity contribution in [2.75, 3.05) is 0 Å². The minimum atomic E-state index is -0.344. The SMILES string of the molecule is Cc1ccc(O)cc1.NCc1nc(C(N)Cc2ccc(O)cc2)no1. The van der Waals surface area contributed by atoms with Gasteiger partial charge in [0.1, 0.15) is 11.5 Å². The van der Waals surface area contributed by atoms with Crippen molar-refractivity contribution in [2.24, 2.45) is 11.5 Å². The quantitative estimate of drug-likeness (QED) is 0.571. The summed E-state index contributed by atoms with van der Waals surface area (Å²) in [6.45, 7) is 2.19. The molecule has 6 N–H and O–H groups in total. The second-order valence-corrected chi connectivity index (χ2v) is 5.56. The van der Waals surface area contributed by atoms with Crippen molar-refractivity contribution in [1.82, 2.24) is 10.1 Å². The molecule has 25 heavy (non-hydrogen) atoms. The Hall–Kier alpha value is -2.90. The lowest BCUT2D eigenvalue weighted by Crippen LogP contribution is -2.15. The van der Waals surface area contributed by atoms with Crippen LogP contribution in [0.5, 0.6) is 11.5 Å². The Balaban J connectivity index is 0.000000236. The highest BCUT2D eigenvalue weighted by Gasteiger charge is 2.14. The summed E-state index contributed by atoms with van der Waals surface area (Å²) < 4.78 is 4.89. The van der Waals surface area contributed by atoms with E-state index in [4.69, 9.17) is 26.2 Å². The van der Waals surface area contributed by atoms with Crippen LogP contribution in [0.2, 0.25) is 0 Å². The van der Waals surface area contributed by atoms with E-state index in [1.807, 2.05) is 19.1 Å². The summed E-state index contributed by atoms with van der Waals surface area (Å²) in [6, 6.07) is 13.6. The van der Waals surface area contributed by atoms with Crippen molar-refractivity contribution in [3.8, 4) is 11.5 Å². The standard InChI is InChI=1S/C11H14N4O2.C7H8O/c12-6-10-14-11(15-17-10)9(13)5-7-1-3-8(16)4-2-7;1-6-2-4-7(8)5-3-6/h1-4,9,16H,5-6,12-13H2;2-5,8H,1H3. The van der Waals surface area contributed by atoms with E-state index in [1.54, 1.807) is 36.4 Å². The van der Waals surface area contributed by atoms with Crippen LogP contribution in [-0.4, -0.2) is 20.4 Å². The van der Waals surface area contributed by atoms with Gasteiger partial charge in [0, 0.05) is 0 Å². The second-order valence-electron chi connectivity index (χ2n) is 5.56. The molecule has 0 amide bonds. The fourth-order valence-corrected chi connectivity index (χ4v) is 2.02. The van der Waals surface area contributed by atoms with Crippen LogP contribution in [0.1, 0.15) is 28.9 Å². The van der Waals surface area contributed by atoms with Gasteiger partial charge in [-0.25, -0.2) is 0 Å². The molecule has 0 bridgehead atoms. The lowest BCUT2D eigenvalue weighted by atomic mass is 10.1. The molecule has 0 aliphatic rings. The van der Waals surface area contributed by atoms with Crippen molar-refractivity contribution >= 4 is 0 Å².